The SMILES string of the molecule is CCn1nccc1-c1cccc(-c2noc(C3CC(=O)N(c4cccc(Cl)c4)C3)n2)c1. The maximum atomic E-state index is 12.6. The lowest BCUT2D eigenvalue weighted by Gasteiger charge is -2.16. The zero-order valence-electron chi connectivity index (χ0n) is 16.9. The fourth-order valence-corrected chi connectivity index (χ4v) is 4.12. The van der Waals surface area contributed by atoms with Gasteiger partial charge in [-0.2, -0.15) is 10.1 Å². The number of carbonyl (C=O) groups is 1. The molecule has 1 saturated heterocycles. The second kappa shape index (κ2) is 8.00. The number of halogens is 1. The van der Waals surface area contributed by atoms with Crippen molar-refractivity contribution in [3.63, 3.8) is 0 Å². The van der Waals surface area contributed by atoms with Crippen LogP contribution in [0.4, 0.5) is 5.69 Å². The Labute approximate surface area is 184 Å². The summed E-state index contributed by atoms with van der Waals surface area (Å²) < 4.78 is 7.49. The Morgan fingerprint density at radius 2 is 1.97 bits per heavy atom. The van der Waals surface area contributed by atoms with E-state index in [9.17, 15) is 4.79 Å². The van der Waals surface area contributed by atoms with Crippen LogP contribution in [0.25, 0.3) is 22.6 Å². The Hall–Kier alpha value is -3.45. The summed E-state index contributed by atoms with van der Waals surface area (Å²) in [7, 11) is 0. The number of amides is 1. The third kappa shape index (κ3) is 3.72. The van der Waals surface area contributed by atoms with E-state index in [1.54, 1.807) is 23.2 Å². The van der Waals surface area contributed by atoms with E-state index in [-0.39, 0.29) is 11.8 Å². The lowest BCUT2D eigenvalue weighted by atomic mass is 10.1. The van der Waals surface area contributed by atoms with Crippen LogP contribution in [-0.4, -0.2) is 32.4 Å². The van der Waals surface area contributed by atoms with Gasteiger partial charge in [0.1, 0.15) is 0 Å². The highest BCUT2D eigenvalue weighted by atomic mass is 35.5. The summed E-state index contributed by atoms with van der Waals surface area (Å²) in [6.07, 6.45) is 2.12. The maximum absolute atomic E-state index is 12.6. The number of benzene rings is 2. The van der Waals surface area contributed by atoms with Crippen LogP contribution < -0.4 is 4.90 Å². The minimum atomic E-state index is -0.155. The van der Waals surface area contributed by atoms with Crippen LogP contribution in [0.2, 0.25) is 5.02 Å². The molecule has 1 unspecified atom stereocenters. The van der Waals surface area contributed by atoms with E-state index in [0.29, 0.717) is 29.7 Å². The molecular weight excluding hydrogens is 414 g/mol. The average molecular weight is 434 g/mol. The number of anilines is 1. The third-order valence-electron chi connectivity index (χ3n) is 5.47. The lowest BCUT2D eigenvalue weighted by Crippen LogP contribution is -2.24. The van der Waals surface area contributed by atoms with Crippen LogP contribution in [0.5, 0.6) is 0 Å². The van der Waals surface area contributed by atoms with E-state index in [1.165, 1.54) is 0 Å². The van der Waals surface area contributed by atoms with E-state index in [2.05, 4.69) is 22.2 Å². The molecule has 2 aromatic carbocycles. The highest BCUT2D eigenvalue weighted by molar-refractivity contribution is 6.30. The maximum Gasteiger partial charge on any atom is 0.232 e. The summed E-state index contributed by atoms with van der Waals surface area (Å²) in [5.41, 5.74) is 3.70. The Morgan fingerprint density at radius 3 is 2.81 bits per heavy atom. The Balaban J connectivity index is 1.39. The fraction of sp³-hybridized carbons (Fsp3) is 0.217. The number of nitrogens with zero attached hydrogens (tertiary/aromatic N) is 5. The minimum absolute atomic E-state index is 0.0156. The molecule has 7 nitrogen and oxygen atoms in total. The highest BCUT2D eigenvalue weighted by Crippen LogP contribution is 2.33. The fourth-order valence-electron chi connectivity index (χ4n) is 3.93. The first kappa shape index (κ1) is 19.5. The number of aromatic nitrogens is 4. The molecule has 1 amide bonds. The molecule has 1 aliphatic rings. The van der Waals surface area contributed by atoms with Crippen molar-refractivity contribution in [3.05, 3.63) is 71.7 Å². The number of aryl methyl sites for hydroxylation is 1. The van der Waals surface area contributed by atoms with Crippen LogP contribution in [0.1, 0.15) is 25.2 Å². The number of hydrogen-bond donors (Lipinski definition) is 0. The van der Waals surface area contributed by atoms with E-state index < -0.39 is 0 Å². The van der Waals surface area contributed by atoms with Crippen LogP contribution in [-0.2, 0) is 11.3 Å². The second-order valence-corrected chi connectivity index (χ2v) is 7.89. The van der Waals surface area contributed by atoms with Crippen molar-refractivity contribution >= 4 is 23.2 Å². The first-order chi connectivity index (χ1) is 15.1. The molecule has 4 aromatic rings. The molecule has 0 bridgehead atoms. The van der Waals surface area contributed by atoms with Gasteiger partial charge in [-0.1, -0.05) is 41.0 Å². The minimum Gasteiger partial charge on any atom is -0.339 e. The van der Waals surface area contributed by atoms with E-state index in [1.807, 2.05) is 47.1 Å². The molecule has 1 aliphatic heterocycles. The normalized spacial score (nSPS) is 16.3. The molecule has 5 rings (SSSR count). The molecule has 0 radical (unpaired) electrons. The molecular formula is C23H20ClN5O2. The first-order valence-electron chi connectivity index (χ1n) is 10.1. The monoisotopic (exact) mass is 433 g/mol. The largest absolute Gasteiger partial charge is 0.339 e. The number of carbonyl (C=O) groups excluding carboxylic acids is 1. The predicted octanol–water partition coefficient (Wildman–Crippen LogP) is 4.79. The van der Waals surface area contributed by atoms with Gasteiger partial charge in [0.2, 0.25) is 17.6 Å². The summed E-state index contributed by atoms with van der Waals surface area (Å²) in [5.74, 6) is 0.837. The van der Waals surface area contributed by atoms with Gasteiger partial charge in [0, 0.05) is 47.5 Å². The van der Waals surface area contributed by atoms with Gasteiger partial charge in [0.15, 0.2) is 0 Å². The van der Waals surface area contributed by atoms with Crippen LogP contribution in [0, 0.1) is 0 Å². The zero-order chi connectivity index (χ0) is 21.4. The molecule has 0 aliphatic carbocycles. The standard InChI is InChI=1S/C23H20ClN5O2/c1-2-29-20(9-10-25-29)15-5-3-6-16(11-15)22-26-23(31-27-22)17-12-21(30)28(14-17)19-8-4-7-18(24)13-19/h3-11,13,17H,2,12,14H2,1H3. The van der Waals surface area contributed by atoms with E-state index >= 15 is 0 Å². The summed E-state index contributed by atoms with van der Waals surface area (Å²) in [5, 5.41) is 9.11. The van der Waals surface area contributed by atoms with Crippen molar-refractivity contribution in [1.82, 2.24) is 19.9 Å². The van der Waals surface area contributed by atoms with Crippen molar-refractivity contribution in [2.24, 2.45) is 0 Å². The predicted molar refractivity (Wildman–Crippen MR) is 118 cm³/mol. The highest BCUT2D eigenvalue weighted by Gasteiger charge is 2.35. The molecule has 2 aromatic heterocycles. The molecule has 1 atom stereocenters. The smallest absolute Gasteiger partial charge is 0.232 e. The average Bonchev–Trinajstić information content (AvgIpc) is 3.53. The van der Waals surface area contributed by atoms with Crippen molar-refractivity contribution in [3.8, 4) is 22.6 Å². The van der Waals surface area contributed by atoms with Crippen LogP contribution in [0.15, 0.2) is 65.3 Å². The van der Waals surface area contributed by atoms with Gasteiger partial charge in [0.05, 0.1) is 11.6 Å². The molecule has 8 heteroatoms. The molecule has 0 N–H and O–H groups in total. The second-order valence-electron chi connectivity index (χ2n) is 7.45. The molecule has 156 valence electrons. The Morgan fingerprint density at radius 1 is 1.13 bits per heavy atom. The van der Waals surface area contributed by atoms with Crippen molar-refractivity contribution in [2.75, 3.05) is 11.4 Å². The summed E-state index contributed by atoms with van der Waals surface area (Å²) in [6, 6.07) is 17.2. The number of hydrogen-bond acceptors (Lipinski definition) is 5. The van der Waals surface area contributed by atoms with Crippen molar-refractivity contribution < 1.29 is 9.32 Å². The summed E-state index contributed by atoms with van der Waals surface area (Å²) in [6.45, 7) is 3.33. The number of rotatable bonds is 5. The van der Waals surface area contributed by atoms with Gasteiger partial charge < -0.3 is 9.42 Å². The van der Waals surface area contributed by atoms with Gasteiger partial charge in [-0.3, -0.25) is 9.48 Å². The molecule has 31 heavy (non-hydrogen) atoms. The van der Waals surface area contributed by atoms with Gasteiger partial charge in [-0.15, -0.1) is 0 Å². The van der Waals surface area contributed by atoms with Gasteiger partial charge in [-0.25, -0.2) is 0 Å². The van der Waals surface area contributed by atoms with E-state index in [4.69, 9.17) is 16.1 Å². The molecule has 3 heterocycles. The van der Waals surface area contributed by atoms with Crippen LogP contribution in [0.3, 0.4) is 0 Å². The molecule has 0 saturated carbocycles. The molecule has 0 spiro atoms. The molecule has 1 fully saturated rings. The Bertz CT molecular complexity index is 1250. The summed E-state index contributed by atoms with van der Waals surface area (Å²) in [4.78, 5) is 18.9. The van der Waals surface area contributed by atoms with Gasteiger partial charge in [0.25, 0.3) is 0 Å². The van der Waals surface area contributed by atoms with Gasteiger partial charge in [-0.05, 0) is 37.3 Å². The van der Waals surface area contributed by atoms with Crippen LogP contribution >= 0.6 is 11.6 Å². The quantitative estimate of drug-likeness (QED) is 0.452. The van der Waals surface area contributed by atoms with Gasteiger partial charge >= 0.3 is 0 Å². The summed E-state index contributed by atoms with van der Waals surface area (Å²) >= 11 is 6.08. The topological polar surface area (TPSA) is 77.0 Å². The Kier molecular flexibility index (Phi) is 5.03. The first-order valence-corrected chi connectivity index (χ1v) is 10.5. The van der Waals surface area contributed by atoms with Crippen molar-refractivity contribution in [2.45, 2.75) is 25.8 Å². The van der Waals surface area contributed by atoms with E-state index in [0.717, 1.165) is 29.1 Å². The third-order valence-corrected chi connectivity index (χ3v) is 5.70. The zero-order valence-corrected chi connectivity index (χ0v) is 17.7. The lowest BCUT2D eigenvalue weighted by molar-refractivity contribution is -0.117. The van der Waals surface area contributed by atoms with Crippen molar-refractivity contribution in [1.29, 1.82) is 0 Å².